The number of carbonyl (C=O) groups is 1. The average molecular weight is 294 g/mol. The minimum atomic E-state index is -3.49. The van der Waals surface area contributed by atoms with Gasteiger partial charge in [0.1, 0.15) is 0 Å². The summed E-state index contributed by atoms with van der Waals surface area (Å²) in [5.74, 6) is -0.172. The van der Waals surface area contributed by atoms with Crippen LogP contribution in [0.25, 0.3) is 0 Å². The van der Waals surface area contributed by atoms with Crippen molar-refractivity contribution in [1.29, 1.82) is 0 Å². The molecule has 0 aromatic heterocycles. The standard InChI is InChI=1S/C11H22N2O5S/c1-12(6-5-11(14)18-3)19(15,16)13-7-4-10(8-13)9-17-2/h10H,4-9H2,1-3H3. The highest BCUT2D eigenvalue weighted by atomic mass is 32.2. The maximum atomic E-state index is 12.2. The van der Waals surface area contributed by atoms with Crippen molar-refractivity contribution in [2.45, 2.75) is 12.8 Å². The lowest BCUT2D eigenvalue weighted by molar-refractivity contribution is -0.140. The van der Waals surface area contributed by atoms with Crippen LogP contribution >= 0.6 is 0 Å². The molecule has 1 atom stereocenters. The first-order valence-electron chi connectivity index (χ1n) is 6.19. The summed E-state index contributed by atoms with van der Waals surface area (Å²) in [6.45, 7) is 1.66. The van der Waals surface area contributed by atoms with E-state index in [0.29, 0.717) is 19.7 Å². The number of rotatable bonds is 7. The van der Waals surface area contributed by atoms with E-state index < -0.39 is 16.2 Å². The van der Waals surface area contributed by atoms with Crippen molar-refractivity contribution < 1.29 is 22.7 Å². The number of hydrogen-bond acceptors (Lipinski definition) is 5. The minimum absolute atomic E-state index is 0.0571. The first-order chi connectivity index (χ1) is 8.91. The molecular formula is C11H22N2O5S. The van der Waals surface area contributed by atoms with E-state index in [4.69, 9.17) is 4.74 Å². The van der Waals surface area contributed by atoms with Crippen LogP contribution in [0.15, 0.2) is 0 Å². The Hall–Kier alpha value is -0.700. The third kappa shape index (κ3) is 4.41. The molecule has 1 aliphatic heterocycles. The maximum Gasteiger partial charge on any atom is 0.306 e. The Labute approximate surface area is 114 Å². The van der Waals surface area contributed by atoms with Gasteiger partial charge >= 0.3 is 5.97 Å². The SMILES string of the molecule is COCC1CCN(S(=O)(=O)N(C)CCC(=O)OC)C1. The van der Waals surface area contributed by atoms with E-state index in [2.05, 4.69) is 4.74 Å². The molecule has 0 aromatic carbocycles. The fraction of sp³-hybridized carbons (Fsp3) is 0.909. The van der Waals surface area contributed by atoms with Crippen LogP contribution in [-0.4, -0.2) is 70.5 Å². The van der Waals surface area contributed by atoms with Crippen LogP contribution in [0.3, 0.4) is 0 Å². The third-order valence-electron chi connectivity index (χ3n) is 3.23. The molecule has 1 aliphatic rings. The van der Waals surface area contributed by atoms with Crippen LogP contribution in [-0.2, 0) is 24.5 Å². The first-order valence-corrected chi connectivity index (χ1v) is 7.58. The van der Waals surface area contributed by atoms with Gasteiger partial charge in [0.15, 0.2) is 0 Å². The van der Waals surface area contributed by atoms with Gasteiger partial charge in [-0.25, -0.2) is 0 Å². The molecule has 112 valence electrons. The molecule has 1 unspecified atom stereocenters. The molecule has 0 amide bonds. The molecule has 1 saturated heterocycles. The molecule has 0 saturated carbocycles. The Kier molecular flexibility index (Phi) is 6.18. The van der Waals surface area contributed by atoms with Crippen molar-refractivity contribution in [2.75, 3.05) is 47.5 Å². The molecule has 7 nitrogen and oxygen atoms in total. The normalized spacial score (nSPS) is 20.9. The quantitative estimate of drug-likeness (QED) is 0.602. The summed E-state index contributed by atoms with van der Waals surface area (Å²) in [6.07, 6.45) is 0.861. The van der Waals surface area contributed by atoms with Gasteiger partial charge in [-0.1, -0.05) is 0 Å². The Balaban J connectivity index is 2.53. The zero-order valence-corrected chi connectivity index (χ0v) is 12.5. The monoisotopic (exact) mass is 294 g/mol. The van der Waals surface area contributed by atoms with Gasteiger partial charge in [0.05, 0.1) is 20.1 Å². The number of ether oxygens (including phenoxy) is 2. The number of hydrogen-bond donors (Lipinski definition) is 0. The lowest BCUT2D eigenvalue weighted by Crippen LogP contribution is -2.41. The molecule has 1 heterocycles. The lowest BCUT2D eigenvalue weighted by Gasteiger charge is -2.23. The molecule has 0 N–H and O–H groups in total. The molecule has 0 bridgehead atoms. The highest BCUT2D eigenvalue weighted by Gasteiger charge is 2.33. The minimum Gasteiger partial charge on any atom is -0.469 e. The highest BCUT2D eigenvalue weighted by Crippen LogP contribution is 2.21. The van der Waals surface area contributed by atoms with E-state index in [1.165, 1.54) is 22.8 Å². The first kappa shape index (κ1) is 16.4. The van der Waals surface area contributed by atoms with Crippen molar-refractivity contribution in [3.05, 3.63) is 0 Å². The number of nitrogens with zero attached hydrogens (tertiary/aromatic N) is 2. The Morgan fingerprint density at radius 1 is 1.42 bits per heavy atom. The second kappa shape index (κ2) is 7.18. The summed E-state index contributed by atoms with van der Waals surface area (Å²) in [5.41, 5.74) is 0. The van der Waals surface area contributed by atoms with Crippen molar-refractivity contribution in [1.82, 2.24) is 8.61 Å². The second-order valence-corrected chi connectivity index (χ2v) is 6.66. The Morgan fingerprint density at radius 2 is 2.11 bits per heavy atom. The zero-order valence-electron chi connectivity index (χ0n) is 11.7. The van der Waals surface area contributed by atoms with Crippen LogP contribution in [0.5, 0.6) is 0 Å². The van der Waals surface area contributed by atoms with Gasteiger partial charge in [-0.3, -0.25) is 4.79 Å². The topological polar surface area (TPSA) is 76.2 Å². The third-order valence-corrected chi connectivity index (χ3v) is 5.18. The molecule has 1 rings (SSSR count). The van der Waals surface area contributed by atoms with Crippen LogP contribution < -0.4 is 0 Å². The van der Waals surface area contributed by atoms with Crippen LogP contribution in [0.2, 0.25) is 0 Å². The van der Waals surface area contributed by atoms with E-state index in [0.717, 1.165) is 6.42 Å². The van der Waals surface area contributed by atoms with E-state index >= 15 is 0 Å². The van der Waals surface area contributed by atoms with Gasteiger partial charge in [0.2, 0.25) is 0 Å². The van der Waals surface area contributed by atoms with Crippen molar-refractivity contribution in [3.8, 4) is 0 Å². The molecule has 0 aliphatic carbocycles. The summed E-state index contributed by atoms with van der Waals surface area (Å²) >= 11 is 0. The maximum absolute atomic E-state index is 12.2. The largest absolute Gasteiger partial charge is 0.469 e. The van der Waals surface area contributed by atoms with Crippen molar-refractivity contribution >= 4 is 16.2 Å². The van der Waals surface area contributed by atoms with Crippen molar-refractivity contribution in [2.24, 2.45) is 5.92 Å². The van der Waals surface area contributed by atoms with Crippen LogP contribution in [0, 0.1) is 5.92 Å². The number of esters is 1. The fourth-order valence-electron chi connectivity index (χ4n) is 2.04. The Bertz CT molecular complexity index is 398. The van der Waals surface area contributed by atoms with E-state index in [-0.39, 0.29) is 18.9 Å². The molecular weight excluding hydrogens is 272 g/mol. The summed E-state index contributed by atoms with van der Waals surface area (Å²) < 4.78 is 36.7. The lowest BCUT2D eigenvalue weighted by atomic mass is 10.1. The van der Waals surface area contributed by atoms with E-state index in [9.17, 15) is 13.2 Å². The molecule has 0 aromatic rings. The average Bonchev–Trinajstić information content (AvgIpc) is 2.85. The Morgan fingerprint density at radius 3 is 2.68 bits per heavy atom. The summed E-state index contributed by atoms with van der Waals surface area (Å²) in [5, 5.41) is 0. The van der Waals surface area contributed by atoms with Gasteiger partial charge in [-0.05, 0) is 12.3 Å². The summed E-state index contributed by atoms with van der Waals surface area (Å²) in [6, 6.07) is 0. The van der Waals surface area contributed by atoms with E-state index in [1.54, 1.807) is 7.11 Å². The van der Waals surface area contributed by atoms with Crippen molar-refractivity contribution in [3.63, 3.8) is 0 Å². The highest BCUT2D eigenvalue weighted by molar-refractivity contribution is 7.86. The number of methoxy groups -OCH3 is 2. The van der Waals surface area contributed by atoms with Gasteiger partial charge < -0.3 is 9.47 Å². The van der Waals surface area contributed by atoms with Crippen LogP contribution in [0.1, 0.15) is 12.8 Å². The van der Waals surface area contributed by atoms with Gasteiger partial charge in [-0.15, -0.1) is 0 Å². The predicted octanol–water partition coefficient (Wildman–Crippen LogP) is -0.306. The molecule has 0 spiro atoms. The summed E-state index contributed by atoms with van der Waals surface area (Å²) in [4.78, 5) is 11.0. The smallest absolute Gasteiger partial charge is 0.306 e. The zero-order chi connectivity index (χ0) is 14.5. The molecule has 1 fully saturated rings. The molecule has 0 radical (unpaired) electrons. The van der Waals surface area contributed by atoms with E-state index in [1.807, 2.05) is 0 Å². The fourth-order valence-corrected chi connectivity index (χ4v) is 3.49. The van der Waals surface area contributed by atoms with Crippen LogP contribution in [0.4, 0.5) is 0 Å². The van der Waals surface area contributed by atoms with Gasteiger partial charge in [-0.2, -0.15) is 17.0 Å². The second-order valence-electron chi connectivity index (χ2n) is 4.62. The molecule has 19 heavy (non-hydrogen) atoms. The predicted molar refractivity (Wildman–Crippen MR) is 69.7 cm³/mol. The van der Waals surface area contributed by atoms with Gasteiger partial charge in [0, 0.05) is 33.8 Å². The van der Waals surface area contributed by atoms with Gasteiger partial charge in [0.25, 0.3) is 10.2 Å². The summed E-state index contributed by atoms with van der Waals surface area (Å²) in [7, 11) is 0.879. The number of carbonyl (C=O) groups excluding carboxylic acids is 1. The molecule has 8 heteroatoms.